The lowest BCUT2D eigenvalue weighted by Gasteiger charge is -2.34. The van der Waals surface area contributed by atoms with Gasteiger partial charge >= 0.3 is 7.12 Å². The SMILES string of the molecule is CC(C)CN(CC(C)C)c1c([N+](=O)[O-])ccc(B2OCC(C)(C)CO2)c1F. The lowest BCUT2D eigenvalue weighted by Crippen LogP contribution is -2.49. The topological polar surface area (TPSA) is 64.8 Å². The van der Waals surface area contributed by atoms with E-state index in [9.17, 15) is 10.1 Å². The zero-order valence-electron chi connectivity index (χ0n) is 17.1. The van der Waals surface area contributed by atoms with E-state index in [0.29, 0.717) is 26.3 Å². The molecule has 0 atom stereocenters. The Bertz CT molecular complexity index is 662. The fourth-order valence-electron chi connectivity index (χ4n) is 3.21. The summed E-state index contributed by atoms with van der Waals surface area (Å²) in [5, 5.41) is 11.6. The largest absolute Gasteiger partial charge is 0.497 e. The third-order valence-electron chi connectivity index (χ3n) is 4.31. The van der Waals surface area contributed by atoms with Crippen LogP contribution in [0.25, 0.3) is 0 Å². The van der Waals surface area contributed by atoms with Crippen LogP contribution in [0.2, 0.25) is 0 Å². The van der Waals surface area contributed by atoms with Crippen LogP contribution >= 0.6 is 0 Å². The van der Waals surface area contributed by atoms with E-state index in [0.717, 1.165) is 0 Å². The first kappa shape index (κ1) is 21.6. The molecule has 1 aromatic rings. The van der Waals surface area contributed by atoms with Crippen molar-refractivity contribution in [3.63, 3.8) is 0 Å². The summed E-state index contributed by atoms with van der Waals surface area (Å²) in [4.78, 5) is 12.8. The highest BCUT2D eigenvalue weighted by atomic mass is 19.1. The number of anilines is 1. The number of rotatable bonds is 7. The first-order valence-electron chi connectivity index (χ1n) is 9.46. The van der Waals surface area contributed by atoms with E-state index in [1.165, 1.54) is 12.1 Å². The number of nitrogens with zero attached hydrogens (tertiary/aromatic N) is 2. The Kier molecular flexibility index (Phi) is 6.86. The molecular formula is C19H30BFN2O4. The van der Waals surface area contributed by atoms with Crippen molar-refractivity contribution >= 4 is 24.0 Å². The van der Waals surface area contributed by atoms with Gasteiger partial charge in [-0.1, -0.05) is 47.6 Å². The maximum atomic E-state index is 15.5. The summed E-state index contributed by atoms with van der Waals surface area (Å²) in [6.45, 7) is 14.0. The van der Waals surface area contributed by atoms with Gasteiger partial charge in [-0.25, -0.2) is 4.39 Å². The van der Waals surface area contributed by atoms with Crippen molar-refractivity contribution in [2.24, 2.45) is 17.3 Å². The van der Waals surface area contributed by atoms with E-state index >= 15 is 4.39 Å². The van der Waals surface area contributed by atoms with E-state index in [1.54, 1.807) is 4.90 Å². The van der Waals surface area contributed by atoms with Gasteiger partial charge in [0.1, 0.15) is 0 Å². The maximum absolute atomic E-state index is 15.5. The second-order valence-corrected chi connectivity index (χ2v) is 8.90. The van der Waals surface area contributed by atoms with Gasteiger partial charge in [-0.15, -0.1) is 0 Å². The van der Waals surface area contributed by atoms with Gasteiger partial charge in [0.15, 0.2) is 11.5 Å². The number of benzene rings is 1. The van der Waals surface area contributed by atoms with Gasteiger partial charge in [0.25, 0.3) is 5.69 Å². The molecule has 0 saturated carbocycles. The van der Waals surface area contributed by atoms with Crippen LogP contribution in [0.15, 0.2) is 12.1 Å². The Balaban J connectivity index is 2.48. The van der Waals surface area contributed by atoms with Crippen LogP contribution in [0.4, 0.5) is 15.8 Å². The number of halogens is 1. The molecule has 0 N–H and O–H groups in total. The van der Waals surface area contributed by atoms with Crippen molar-refractivity contribution in [3.8, 4) is 0 Å². The standard InChI is InChI=1S/C19H30BFN2O4/c1-13(2)9-22(10-14(3)4)18-16(23(24)25)8-7-15(17(18)21)20-26-11-19(5,6)12-27-20/h7-8,13-14H,9-12H2,1-6H3. The molecule has 27 heavy (non-hydrogen) atoms. The second-order valence-electron chi connectivity index (χ2n) is 8.90. The second kappa shape index (κ2) is 8.56. The summed E-state index contributed by atoms with van der Waals surface area (Å²) >= 11 is 0. The highest BCUT2D eigenvalue weighted by Crippen LogP contribution is 2.32. The van der Waals surface area contributed by atoms with Gasteiger partial charge in [-0.2, -0.15) is 0 Å². The van der Waals surface area contributed by atoms with E-state index in [4.69, 9.17) is 9.31 Å². The molecule has 8 heteroatoms. The Hall–Kier alpha value is -1.67. The molecular weight excluding hydrogens is 350 g/mol. The smallest absolute Gasteiger partial charge is 0.407 e. The molecule has 0 aromatic heterocycles. The summed E-state index contributed by atoms with van der Waals surface area (Å²) in [5.41, 5.74) is -0.132. The summed E-state index contributed by atoms with van der Waals surface area (Å²) in [6.07, 6.45) is 0. The molecule has 1 fully saturated rings. The Morgan fingerprint density at radius 3 is 2.15 bits per heavy atom. The van der Waals surface area contributed by atoms with Crippen molar-refractivity contribution in [2.45, 2.75) is 41.5 Å². The van der Waals surface area contributed by atoms with Crippen LogP contribution in [0.3, 0.4) is 0 Å². The maximum Gasteiger partial charge on any atom is 0.497 e. The van der Waals surface area contributed by atoms with Crippen LogP contribution in [-0.4, -0.2) is 38.3 Å². The van der Waals surface area contributed by atoms with Gasteiger partial charge in [0.2, 0.25) is 0 Å². The van der Waals surface area contributed by atoms with Gasteiger partial charge in [0.05, 0.1) is 4.92 Å². The van der Waals surface area contributed by atoms with Gasteiger partial charge < -0.3 is 14.2 Å². The third kappa shape index (κ3) is 5.42. The summed E-state index contributed by atoms with van der Waals surface area (Å²) in [7, 11) is -0.850. The molecule has 1 aliphatic heterocycles. The molecule has 150 valence electrons. The predicted molar refractivity (Wildman–Crippen MR) is 106 cm³/mol. The fraction of sp³-hybridized carbons (Fsp3) is 0.684. The van der Waals surface area contributed by atoms with E-state index in [-0.39, 0.29) is 34.1 Å². The minimum Gasteiger partial charge on any atom is -0.407 e. The monoisotopic (exact) mass is 380 g/mol. The predicted octanol–water partition coefficient (Wildman–Crippen LogP) is 3.62. The van der Waals surface area contributed by atoms with Crippen molar-refractivity contribution in [2.75, 3.05) is 31.2 Å². The molecule has 0 amide bonds. The number of nitro benzene ring substituents is 1. The Labute approximate surface area is 161 Å². The number of hydrogen-bond donors (Lipinski definition) is 0. The summed E-state index contributed by atoms with van der Waals surface area (Å²) in [6, 6.07) is 2.76. The molecule has 1 aromatic carbocycles. The average Bonchev–Trinajstić information content (AvgIpc) is 2.53. The highest BCUT2D eigenvalue weighted by Gasteiger charge is 2.38. The molecule has 0 bridgehead atoms. The van der Waals surface area contributed by atoms with Crippen molar-refractivity contribution < 1.29 is 18.6 Å². The average molecular weight is 380 g/mol. The zero-order valence-corrected chi connectivity index (χ0v) is 17.1. The fourth-order valence-corrected chi connectivity index (χ4v) is 3.21. The van der Waals surface area contributed by atoms with Gasteiger partial charge in [-0.05, 0) is 11.8 Å². The molecule has 1 heterocycles. The van der Waals surface area contributed by atoms with Crippen LogP contribution in [-0.2, 0) is 9.31 Å². The summed E-state index contributed by atoms with van der Waals surface area (Å²) < 4.78 is 26.9. The lowest BCUT2D eigenvalue weighted by molar-refractivity contribution is -0.384. The van der Waals surface area contributed by atoms with Crippen molar-refractivity contribution in [1.82, 2.24) is 0 Å². The third-order valence-corrected chi connectivity index (χ3v) is 4.31. The van der Waals surface area contributed by atoms with Crippen molar-refractivity contribution in [1.29, 1.82) is 0 Å². The number of nitro groups is 1. The summed E-state index contributed by atoms with van der Waals surface area (Å²) in [5.74, 6) is -0.168. The first-order valence-corrected chi connectivity index (χ1v) is 9.46. The molecule has 6 nitrogen and oxygen atoms in total. The Morgan fingerprint density at radius 2 is 1.70 bits per heavy atom. The quantitative estimate of drug-likeness (QED) is 0.411. The normalized spacial score (nSPS) is 16.9. The number of hydrogen-bond acceptors (Lipinski definition) is 5. The van der Waals surface area contributed by atoms with E-state index in [2.05, 4.69) is 0 Å². The van der Waals surface area contributed by atoms with Crippen LogP contribution in [0.5, 0.6) is 0 Å². The van der Waals surface area contributed by atoms with Gasteiger partial charge in [0, 0.05) is 43.2 Å². The lowest BCUT2D eigenvalue weighted by atomic mass is 9.75. The van der Waals surface area contributed by atoms with E-state index in [1.807, 2.05) is 41.5 Å². The van der Waals surface area contributed by atoms with Crippen LogP contribution < -0.4 is 10.4 Å². The molecule has 2 rings (SSSR count). The van der Waals surface area contributed by atoms with Crippen LogP contribution in [0, 0.1) is 33.2 Å². The van der Waals surface area contributed by atoms with E-state index < -0.39 is 17.9 Å². The molecule has 0 unspecified atom stereocenters. The molecule has 0 aliphatic carbocycles. The van der Waals surface area contributed by atoms with Crippen LogP contribution in [0.1, 0.15) is 41.5 Å². The Morgan fingerprint density at radius 1 is 1.19 bits per heavy atom. The zero-order chi connectivity index (χ0) is 20.4. The first-order chi connectivity index (χ1) is 12.5. The minimum atomic E-state index is -0.850. The molecule has 0 radical (unpaired) electrons. The molecule has 0 spiro atoms. The van der Waals surface area contributed by atoms with Gasteiger partial charge in [-0.3, -0.25) is 10.1 Å². The van der Waals surface area contributed by atoms with Crippen molar-refractivity contribution in [3.05, 3.63) is 28.1 Å². The molecule has 1 saturated heterocycles. The molecule has 1 aliphatic rings. The highest BCUT2D eigenvalue weighted by molar-refractivity contribution is 6.61. The minimum absolute atomic E-state index is 0.0249.